The van der Waals surface area contributed by atoms with Gasteiger partial charge in [0.15, 0.2) is 11.5 Å². The number of amides is 2. The summed E-state index contributed by atoms with van der Waals surface area (Å²) in [5, 5.41) is 10.4. The number of rotatable bonds is 8. The number of piperazine rings is 1. The van der Waals surface area contributed by atoms with Crippen LogP contribution in [0, 0.1) is 13.8 Å². The van der Waals surface area contributed by atoms with Crippen molar-refractivity contribution in [1.29, 1.82) is 0 Å². The number of nitrogens with one attached hydrogen (secondary N) is 1. The van der Waals surface area contributed by atoms with E-state index >= 15 is 0 Å². The van der Waals surface area contributed by atoms with Gasteiger partial charge in [0, 0.05) is 44.6 Å². The number of nitrogens with zero attached hydrogens (tertiary/aromatic N) is 4. The topological polar surface area (TPSA) is 139 Å². The minimum absolute atomic E-state index is 0.00950. The van der Waals surface area contributed by atoms with Crippen LogP contribution in [-0.2, 0) is 10.0 Å². The van der Waals surface area contributed by atoms with E-state index in [1.807, 2.05) is 27.7 Å². The first-order valence-electron chi connectivity index (χ1n) is 11.4. The molecule has 0 aliphatic carbocycles. The largest absolute Gasteiger partial charge is 0.360 e. The third kappa shape index (κ3) is 5.33. The molecule has 0 radical (unpaired) electrons. The maximum atomic E-state index is 13.0. The van der Waals surface area contributed by atoms with Crippen molar-refractivity contribution in [2.75, 3.05) is 38.5 Å². The second-order valence-electron chi connectivity index (χ2n) is 9.09. The molecule has 3 rings (SSSR count). The molecule has 2 aromatic heterocycles. The highest BCUT2D eigenvalue weighted by Crippen LogP contribution is 2.25. The molecule has 0 bridgehead atoms. The molecule has 12 heteroatoms. The Morgan fingerprint density at radius 3 is 1.94 bits per heavy atom. The summed E-state index contributed by atoms with van der Waals surface area (Å²) in [6, 6.07) is 0. The van der Waals surface area contributed by atoms with Crippen LogP contribution in [-0.4, -0.2) is 78.2 Å². The highest BCUT2D eigenvalue weighted by molar-refractivity contribution is 7.89. The molecule has 2 amide bonds. The molecule has 1 aliphatic rings. The molecular weight excluding hydrogens is 462 g/mol. The Balaban J connectivity index is 1.55. The van der Waals surface area contributed by atoms with Crippen molar-refractivity contribution in [3.8, 4) is 0 Å². The number of carbonyl (C=O) groups excluding carboxylic acids is 2. The fourth-order valence-corrected chi connectivity index (χ4v) is 5.28. The van der Waals surface area contributed by atoms with Crippen molar-refractivity contribution < 1.29 is 27.1 Å². The van der Waals surface area contributed by atoms with Crippen LogP contribution in [0.25, 0.3) is 0 Å². The monoisotopic (exact) mass is 495 g/mol. The second-order valence-corrected chi connectivity index (χ2v) is 11.2. The third-order valence-electron chi connectivity index (χ3n) is 5.83. The molecule has 2 aromatic rings. The molecule has 0 aromatic carbocycles. The van der Waals surface area contributed by atoms with Gasteiger partial charge in [0.25, 0.3) is 11.8 Å². The van der Waals surface area contributed by atoms with Gasteiger partial charge in [0.05, 0.1) is 17.1 Å². The van der Waals surface area contributed by atoms with Crippen LogP contribution in [0.4, 0.5) is 0 Å². The Morgan fingerprint density at radius 2 is 1.41 bits per heavy atom. The molecule has 0 saturated carbocycles. The minimum atomic E-state index is -3.61. The molecule has 1 N–H and O–H groups in total. The Morgan fingerprint density at radius 1 is 0.912 bits per heavy atom. The Bertz CT molecular complexity index is 1140. The van der Waals surface area contributed by atoms with Gasteiger partial charge in [-0.3, -0.25) is 9.59 Å². The van der Waals surface area contributed by atoms with Gasteiger partial charge < -0.3 is 19.3 Å². The summed E-state index contributed by atoms with van der Waals surface area (Å²) in [5.74, 6) is 0.156. The molecule has 34 heavy (non-hydrogen) atoms. The highest BCUT2D eigenvalue weighted by Gasteiger charge is 2.32. The van der Waals surface area contributed by atoms with Gasteiger partial charge in [0.2, 0.25) is 10.0 Å². The SMILES string of the molecule is Cc1noc(C(C)C)c1C(=O)NCCS(=O)(=O)N1CCN(C(=O)c2c(C)noc2C(C)C)CC1. The number of aromatic nitrogens is 2. The van der Waals surface area contributed by atoms with Crippen molar-refractivity contribution >= 4 is 21.8 Å². The van der Waals surface area contributed by atoms with Crippen LogP contribution in [0.1, 0.15) is 83.2 Å². The average Bonchev–Trinajstić information content (AvgIpc) is 3.36. The highest BCUT2D eigenvalue weighted by atomic mass is 32.2. The zero-order valence-corrected chi connectivity index (χ0v) is 21.4. The predicted octanol–water partition coefficient (Wildman–Crippen LogP) is 2.04. The Kier molecular flexibility index (Phi) is 7.81. The molecular formula is C22H33N5O6S. The van der Waals surface area contributed by atoms with Crippen LogP contribution in [0.2, 0.25) is 0 Å². The van der Waals surface area contributed by atoms with Crippen LogP contribution in [0.3, 0.4) is 0 Å². The van der Waals surface area contributed by atoms with Gasteiger partial charge in [-0.1, -0.05) is 38.0 Å². The molecule has 0 unspecified atom stereocenters. The maximum Gasteiger partial charge on any atom is 0.259 e. The van der Waals surface area contributed by atoms with Crippen molar-refractivity contribution in [2.45, 2.75) is 53.4 Å². The fraction of sp³-hybridized carbons (Fsp3) is 0.636. The van der Waals surface area contributed by atoms with E-state index in [4.69, 9.17) is 9.05 Å². The number of carbonyl (C=O) groups is 2. The Hall–Kier alpha value is -2.73. The summed E-state index contributed by atoms with van der Waals surface area (Å²) in [5.41, 5.74) is 1.81. The zero-order valence-electron chi connectivity index (χ0n) is 20.5. The summed E-state index contributed by atoms with van der Waals surface area (Å²) in [7, 11) is -3.61. The zero-order chi connectivity index (χ0) is 25.2. The van der Waals surface area contributed by atoms with Crippen molar-refractivity contribution in [3.63, 3.8) is 0 Å². The number of sulfonamides is 1. The first-order chi connectivity index (χ1) is 15.9. The molecule has 3 heterocycles. The van der Waals surface area contributed by atoms with Crippen LogP contribution >= 0.6 is 0 Å². The first-order valence-corrected chi connectivity index (χ1v) is 13.0. The van der Waals surface area contributed by atoms with Crippen LogP contribution in [0.15, 0.2) is 9.05 Å². The average molecular weight is 496 g/mol. The quantitative estimate of drug-likeness (QED) is 0.587. The van der Waals surface area contributed by atoms with Crippen LogP contribution < -0.4 is 5.32 Å². The standard InChI is InChI=1S/C22H33N5O6S/c1-13(2)19-17(15(5)24-32-19)21(28)23-7-12-34(30,31)27-10-8-26(9-11-27)22(29)18-16(6)25-33-20(18)14(3)4/h13-14H,7-12H2,1-6H3,(H,23,28). The second kappa shape index (κ2) is 10.3. The lowest BCUT2D eigenvalue weighted by Crippen LogP contribution is -2.51. The summed E-state index contributed by atoms with van der Waals surface area (Å²) in [4.78, 5) is 27.2. The third-order valence-corrected chi connectivity index (χ3v) is 7.70. The van der Waals surface area contributed by atoms with Gasteiger partial charge in [-0.25, -0.2) is 8.42 Å². The summed E-state index contributed by atoms with van der Waals surface area (Å²) in [6.45, 7) is 11.9. The normalized spacial score (nSPS) is 15.4. The molecule has 0 spiro atoms. The van der Waals surface area contributed by atoms with Gasteiger partial charge in [-0.2, -0.15) is 4.31 Å². The minimum Gasteiger partial charge on any atom is -0.360 e. The number of hydrogen-bond acceptors (Lipinski definition) is 8. The van der Waals surface area contributed by atoms with E-state index in [0.717, 1.165) is 0 Å². The van der Waals surface area contributed by atoms with Crippen molar-refractivity contribution in [2.24, 2.45) is 0 Å². The lowest BCUT2D eigenvalue weighted by atomic mass is 10.0. The molecule has 188 valence electrons. The van der Waals surface area contributed by atoms with Gasteiger partial charge in [0.1, 0.15) is 11.1 Å². The summed E-state index contributed by atoms with van der Waals surface area (Å²) >= 11 is 0. The maximum absolute atomic E-state index is 13.0. The summed E-state index contributed by atoms with van der Waals surface area (Å²) in [6.07, 6.45) is 0. The van der Waals surface area contributed by atoms with Gasteiger partial charge in [-0.05, 0) is 13.8 Å². The van der Waals surface area contributed by atoms with E-state index in [-0.39, 0.29) is 56.2 Å². The number of aryl methyl sites for hydroxylation is 2. The van der Waals surface area contributed by atoms with E-state index in [1.54, 1.807) is 18.7 Å². The van der Waals surface area contributed by atoms with Gasteiger partial charge in [-0.15, -0.1) is 0 Å². The van der Waals surface area contributed by atoms with Crippen molar-refractivity contribution in [1.82, 2.24) is 24.8 Å². The lowest BCUT2D eigenvalue weighted by molar-refractivity contribution is 0.0694. The molecule has 11 nitrogen and oxygen atoms in total. The van der Waals surface area contributed by atoms with Crippen molar-refractivity contribution in [3.05, 3.63) is 34.0 Å². The fourth-order valence-electron chi connectivity index (χ4n) is 3.94. The Labute approximate surface area is 199 Å². The smallest absolute Gasteiger partial charge is 0.259 e. The molecule has 1 aliphatic heterocycles. The lowest BCUT2D eigenvalue weighted by Gasteiger charge is -2.34. The van der Waals surface area contributed by atoms with Gasteiger partial charge >= 0.3 is 0 Å². The summed E-state index contributed by atoms with van der Waals surface area (Å²) < 4.78 is 37.5. The number of hydrogen-bond donors (Lipinski definition) is 1. The van der Waals surface area contributed by atoms with E-state index in [0.29, 0.717) is 34.0 Å². The van der Waals surface area contributed by atoms with E-state index in [1.165, 1.54) is 4.31 Å². The molecule has 1 fully saturated rings. The van der Waals surface area contributed by atoms with Crippen LogP contribution in [0.5, 0.6) is 0 Å². The van der Waals surface area contributed by atoms with E-state index in [9.17, 15) is 18.0 Å². The van der Waals surface area contributed by atoms with E-state index in [2.05, 4.69) is 15.6 Å². The first kappa shape index (κ1) is 25.9. The predicted molar refractivity (Wildman–Crippen MR) is 124 cm³/mol. The molecule has 1 saturated heterocycles. The molecule has 0 atom stereocenters. The van der Waals surface area contributed by atoms with E-state index < -0.39 is 15.9 Å².